The van der Waals surface area contributed by atoms with Crippen LogP contribution in [0.2, 0.25) is 10.2 Å². The second-order valence-corrected chi connectivity index (χ2v) is 3.63. The quantitative estimate of drug-likeness (QED) is 0.633. The van der Waals surface area contributed by atoms with Gasteiger partial charge in [0.05, 0.1) is 10.7 Å². The van der Waals surface area contributed by atoms with Gasteiger partial charge in [-0.3, -0.25) is 4.68 Å². The zero-order valence-electron chi connectivity index (χ0n) is 7.17. The molecular weight excluding hydrogens is 209 g/mol. The SMILES string of the molecule is Cc1nn(C)c2c(Cl)cc(Cl)nc12. The zero-order chi connectivity index (χ0) is 9.59. The molecule has 2 heterocycles. The molecule has 5 heteroatoms. The van der Waals surface area contributed by atoms with Crippen LogP contribution in [0.3, 0.4) is 0 Å². The molecular formula is C8H7Cl2N3. The Morgan fingerprint density at radius 3 is 2.77 bits per heavy atom. The summed E-state index contributed by atoms with van der Waals surface area (Å²) in [5.74, 6) is 0. The van der Waals surface area contributed by atoms with Crippen molar-refractivity contribution in [3.05, 3.63) is 21.9 Å². The molecule has 0 atom stereocenters. The lowest BCUT2D eigenvalue weighted by atomic mass is 10.3. The first-order valence-corrected chi connectivity index (χ1v) is 4.50. The van der Waals surface area contributed by atoms with E-state index in [1.165, 1.54) is 0 Å². The van der Waals surface area contributed by atoms with Gasteiger partial charge in [-0.25, -0.2) is 4.98 Å². The molecule has 0 spiro atoms. The number of pyridine rings is 1. The number of nitrogens with zero attached hydrogens (tertiary/aromatic N) is 3. The molecule has 68 valence electrons. The van der Waals surface area contributed by atoms with Crippen LogP contribution in [-0.4, -0.2) is 14.8 Å². The van der Waals surface area contributed by atoms with Gasteiger partial charge in [-0.05, 0) is 13.0 Å². The molecule has 2 aromatic heterocycles. The smallest absolute Gasteiger partial charge is 0.131 e. The van der Waals surface area contributed by atoms with Crippen LogP contribution >= 0.6 is 23.2 Å². The fraction of sp³-hybridized carbons (Fsp3) is 0.250. The lowest BCUT2D eigenvalue weighted by Crippen LogP contribution is -1.90. The Hall–Kier alpha value is -0.800. The number of fused-ring (bicyclic) bond motifs is 1. The molecule has 0 saturated carbocycles. The maximum atomic E-state index is 6.00. The molecule has 0 aromatic carbocycles. The van der Waals surface area contributed by atoms with E-state index in [0.29, 0.717) is 10.2 Å². The van der Waals surface area contributed by atoms with Gasteiger partial charge in [0.15, 0.2) is 0 Å². The van der Waals surface area contributed by atoms with Crippen molar-refractivity contribution < 1.29 is 0 Å². The van der Waals surface area contributed by atoms with Crippen LogP contribution in [-0.2, 0) is 7.05 Å². The third-order valence-corrected chi connectivity index (χ3v) is 2.36. The molecule has 0 saturated heterocycles. The summed E-state index contributed by atoms with van der Waals surface area (Å²) in [7, 11) is 1.83. The monoisotopic (exact) mass is 215 g/mol. The van der Waals surface area contributed by atoms with E-state index < -0.39 is 0 Å². The average molecular weight is 216 g/mol. The molecule has 0 bridgehead atoms. The van der Waals surface area contributed by atoms with Crippen LogP contribution in [0.5, 0.6) is 0 Å². The van der Waals surface area contributed by atoms with Crippen molar-refractivity contribution in [2.45, 2.75) is 6.92 Å². The normalized spacial score (nSPS) is 11.1. The molecule has 0 aliphatic carbocycles. The molecule has 0 unspecified atom stereocenters. The van der Waals surface area contributed by atoms with Gasteiger partial charge in [-0.2, -0.15) is 5.10 Å². The molecule has 0 N–H and O–H groups in total. The van der Waals surface area contributed by atoms with Crippen LogP contribution in [0.15, 0.2) is 6.07 Å². The van der Waals surface area contributed by atoms with Crippen LogP contribution in [0, 0.1) is 6.92 Å². The van der Waals surface area contributed by atoms with Crippen molar-refractivity contribution in [2.24, 2.45) is 7.05 Å². The van der Waals surface area contributed by atoms with Gasteiger partial charge in [0, 0.05) is 7.05 Å². The van der Waals surface area contributed by atoms with Gasteiger partial charge >= 0.3 is 0 Å². The van der Waals surface area contributed by atoms with Crippen molar-refractivity contribution in [3.8, 4) is 0 Å². The highest BCUT2D eigenvalue weighted by Gasteiger charge is 2.10. The van der Waals surface area contributed by atoms with Crippen molar-refractivity contribution in [1.29, 1.82) is 0 Å². The summed E-state index contributed by atoms with van der Waals surface area (Å²) < 4.78 is 1.70. The van der Waals surface area contributed by atoms with E-state index in [1.807, 2.05) is 14.0 Å². The van der Waals surface area contributed by atoms with Crippen LogP contribution in [0.4, 0.5) is 0 Å². The first-order valence-electron chi connectivity index (χ1n) is 3.75. The van der Waals surface area contributed by atoms with Gasteiger partial charge in [0.2, 0.25) is 0 Å². The predicted molar refractivity (Wildman–Crippen MR) is 53.3 cm³/mol. The van der Waals surface area contributed by atoms with Crippen molar-refractivity contribution >= 4 is 34.2 Å². The van der Waals surface area contributed by atoms with E-state index >= 15 is 0 Å². The maximum absolute atomic E-state index is 6.00. The fourth-order valence-electron chi connectivity index (χ4n) is 1.36. The Kier molecular flexibility index (Phi) is 1.93. The number of hydrogen-bond donors (Lipinski definition) is 0. The molecule has 0 fully saturated rings. The van der Waals surface area contributed by atoms with Gasteiger partial charge in [-0.15, -0.1) is 0 Å². The number of aromatic nitrogens is 3. The Balaban J connectivity index is 2.97. The Morgan fingerprint density at radius 1 is 1.38 bits per heavy atom. The van der Waals surface area contributed by atoms with Crippen LogP contribution < -0.4 is 0 Å². The molecule has 0 aliphatic heterocycles. The van der Waals surface area contributed by atoms with Crippen molar-refractivity contribution in [3.63, 3.8) is 0 Å². The summed E-state index contributed by atoms with van der Waals surface area (Å²) in [6, 6.07) is 1.62. The third kappa shape index (κ3) is 1.28. The highest BCUT2D eigenvalue weighted by molar-refractivity contribution is 6.37. The summed E-state index contributed by atoms with van der Waals surface area (Å²) in [4.78, 5) is 4.15. The average Bonchev–Trinajstić information content (AvgIpc) is 2.27. The Labute approximate surface area is 85.3 Å². The Morgan fingerprint density at radius 2 is 2.08 bits per heavy atom. The molecule has 3 nitrogen and oxygen atoms in total. The fourth-order valence-corrected chi connectivity index (χ4v) is 1.93. The van der Waals surface area contributed by atoms with Gasteiger partial charge in [0.25, 0.3) is 0 Å². The minimum Gasteiger partial charge on any atom is -0.264 e. The molecule has 13 heavy (non-hydrogen) atoms. The van der Waals surface area contributed by atoms with Crippen molar-refractivity contribution in [2.75, 3.05) is 0 Å². The predicted octanol–water partition coefficient (Wildman–Crippen LogP) is 2.58. The van der Waals surface area contributed by atoms with E-state index in [-0.39, 0.29) is 0 Å². The van der Waals surface area contributed by atoms with Gasteiger partial charge in [0.1, 0.15) is 16.2 Å². The second-order valence-electron chi connectivity index (χ2n) is 2.83. The zero-order valence-corrected chi connectivity index (χ0v) is 8.69. The topological polar surface area (TPSA) is 30.7 Å². The van der Waals surface area contributed by atoms with E-state index in [1.54, 1.807) is 10.7 Å². The summed E-state index contributed by atoms with van der Waals surface area (Å²) in [6.07, 6.45) is 0. The number of halogens is 2. The van der Waals surface area contributed by atoms with Crippen LogP contribution in [0.1, 0.15) is 5.69 Å². The van der Waals surface area contributed by atoms with E-state index in [2.05, 4.69) is 10.1 Å². The first-order chi connectivity index (χ1) is 6.09. The summed E-state index contributed by atoms with van der Waals surface area (Å²) in [5.41, 5.74) is 2.42. The third-order valence-electron chi connectivity index (χ3n) is 1.88. The first kappa shape index (κ1) is 8.78. The molecule has 2 rings (SSSR count). The number of hydrogen-bond acceptors (Lipinski definition) is 2. The molecule has 0 radical (unpaired) electrons. The van der Waals surface area contributed by atoms with E-state index in [4.69, 9.17) is 23.2 Å². The molecule has 2 aromatic rings. The second kappa shape index (κ2) is 2.86. The maximum Gasteiger partial charge on any atom is 0.131 e. The van der Waals surface area contributed by atoms with E-state index in [9.17, 15) is 0 Å². The number of rotatable bonds is 0. The minimum atomic E-state index is 0.397. The number of aryl methyl sites for hydroxylation is 2. The molecule has 0 aliphatic rings. The van der Waals surface area contributed by atoms with E-state index in [0.717, 1.165) is 16.7 Å². The highest BCUT2D eigenvalue weighted by atomic mass is 35.5. The summed E-state index contributed by atoms with van der Waals surface area (Å²) in [6.45, 7) is 1.88. The van der Waals surface area contributed by atoms with Gasteiger partial charge < -0.3 is 0 Å². The van der Waals surface area contributed by atoms with Crippen molar-refractivity contribution in [1.82, 2.24) is 14.8 Å². The van der Waals surface area contributed by atoms with Crippen LogP contribution in [0.25, 0.3) is 11.0 Å². The lowest BCUT2D eigenvalue weighted by molar-refractivity contribution is 0.783. The Bertz CT molecular complexity index is 476. The standard InChI is InChI=1S/C8H7Cl2N3/c1-4-7-8(13(2)12-4)5(9)3-6(10)11-7/h3H,1-2H3. The molecule has 0 amide bonds. The summed E-state index contributed by atoms with van der Waals surface area (Å²) in [5, 5.41) is 5.18. The minimum absolute atomic E-state index is 0.397. The highest BCUT2D eigenvalue weighted by Crippen LogP contribution is 2.26. The summed E-state index contributed by atoms with van der Waals surface area (Å²) >= 11 is 11.8. The van der Waals surface area contributed by atoms with Gasteiger partial charge in [-0.1, -0.05) is 23.2 Å². The lowest BCUT2D eigenvalue weighted by Gasteiger charge is -1.97. The largest absolute Gasteiger partial charge is 0.264 e.